The summed E-state index contributed by atoms with van der Waals surface area (Å²) in [7, 11) is 0. The molecule has 35 heavy (non-hydrogen) atoms. The van der Waals surface area contributed by atoms with Gasteiger partial charge in [-0.1, -0.05) is 84.9 Å². The van der Waals surface area contributed by atoms with Gasteiger partial charge in [-0.05, 0) is 37.3 Å². The summed E-state index contributed by atoms with van der Waals surface area (Å²) in [5.41, 5.74) is 4.21. The number of benzene rings is 3. The van der Waals surface area contributed by atoms with Gasteiger partial charge >= 0.3 is 0 Å². The fourth-order valence-corrected chi connectivity index (χ4v) is 5.27. The number of carbonyl (C=O) groups is 2. The van der Waals surface area contributed by atoms with E-state index in [1.807, 2.05) is 109 Å². The van der Waals surface area contributed by atoms with E-state index >= 15 is 0 Å². The molecule has 2 atom stereocenters. The third-order valence-corrected chi connectivity index (χ3v) is 7.12. The van der Waals surface area contributed by atoms with Gasteiger partial charge in [0.05, 0.1) is 12.1 Å². The van der Waals surface area contributed by atoms with Crippen LogP contribution in [0.3, 0.4) is 0 Å². The van der Waals surface area contributed by atoms with Crippen LogP contribution in [0.1, 0.15) is 57.0 Å². The molecule has 1 heterocycles. The number of nitrogens with zero attached hydrogens (tertiary/aromatic N) is 1. The summed E-state index contributed by atoms with van der Waals surface area (Å²) in [6.45, 7) is 2.01. The van der Waals surface area contributed by atoms with Crippen LogP contribution in [0.5, 0.6) is 0 Å². The maximum absolute atomic E-state index is 13.9. The number of hydrogen-bond acceptors (Lipinski definition) is 4. The molecule has 4 nitrogen and oxygen atoms in total. The molecule has 3 aromatic rings. The fraction of sp³-hybridized carbons (Fsp3) is 0.226. The second-order valence-electron chi connectivity index (χ2n) is 9.36. The Hall–Kier alpha value is -3.76. The molecular formula is C31H29NO3. The van der Waals surface area contributed by atoms with Crippen LogP contribution >= 0.6 is 0 Å². The van der Waals surface area contributed by atoms with Crippen LogP contribution in [0.4, 0.5) is 0 Å². The van der Waals surface area contributed by atoms with Crippen LogP contribution in [-0.4, -0.2) is 33.7 Å². The summed E-state index contributed by atoms with van der Waals surface area (Å²) in [5, 5.41) is 10.7. The molecule has 176 valence electrons. The molecule has 1 N–H and O–H groups in total. The topological polar surface area (TPSA) is 57.6 Å². The molecular weight excluding hydrogens is 434 g/mol. The number of carbonyl (C=O) groups excluding carboxylic acids is 2. The molecule has 1 fully saturated rings. The Morgan fingerprint density at radius 2 is 1.26 bits per heavy atom. The summed E-state index contributed by atoms with van der Waals surface area (Å²) in [5.74, 6) is -0.725. The van der Waals surface area contributed by atoms with Gasteiger partial charge in [0.25, 0.3) is 0 Å². The Bertz CT molecular complexity index is 1220. The minimum atomic E-state index is -0.508. The van der Waals surface area contributed by atoms with Gasteiger partial charge in [0, 0.05) is 40.6 Å². The molecule has 0 spiro atoms. The lowest BCUT2D eigenvalue weighted by Gasteiger charge is -2.36. The van der Waals surface area contributed by atoms with E-state index in [1.165, 1.54) is 0 Å². The standard InChI is InChI=1S/C31H29NO3/c1-21-11-8-9-16-24(21)29-25(30(34)22-12-4-2-5-13-22)19-32(27-17-10-18-28(27)33)20-26(29)31(35)23-14-6-3-7-15-23/h2-9,11-16,19-20,27-29,33H,10,17-18H2,1H3. The number of hydrogen-bond donors (Lipinski definition) is 1. The molecule has 2 unspecified atom stereocenters. The molecule has 1 saturated carbocycles. The first-order valence-electron chi connectivity index (χ1n) is 12.2. The van der Waals surface area contributed by atoms with Crippen LogP contribution in [0.15, 0.2) is 108 Å². The minimum Gasteiger partial charge on any atom is -0.391 e. The van der Waals surface area contributed by atoms with Crippen molar-refractivity contribution >= 4 is 11.6 Å². The quantitative estimate of drug-likeness (QED) is 0.467. The first kappa shape index (κ1) is 23.0. The van der Waals surface area contributed by atoms with E-state index in [-0.39, 0.29) is 17.6 Å². The zero-order valence-corrected chi connectivity index (χ0v) is 19.8. The van der Waals surface area contributed by atoms with E-state index in [0.717, 1.165) is 24.0 Å². The summed E-state index contributed by atoms with van der Waals surface area (Å²) < 4.78 is 0. The molecule has 0 amide bonds. The van der Waals surface area contributed by atoms with Crippen LogP contribution in [0.2, 0.25) is 0 Å². The Morgan fingerprint density at radius 3 is 1.74 bits per heavy atom. The summed E-state index contributed by atoms with van der Waals surface area (Å²) >= 11 is 0. The van der Waals surface area contributed by atoms with Crippen molar-refractivity contribution in [2.45, 2.75) is 44.2 Å². The van der Waals surface area contributed by atoms with Gasteiger partial charge < -0.3 is 10.0 Å². The molecule has 2 aliphatic rings. The Kier molecular flexibility index (Phi) is 6.47. The lowest BCUT2D eigenvalue weighted by atomic mass is 9.76. The van der Waals surface area contributed by atoms with Crippen LogP contribution in [0.25, 0.3) is 0 Å². The average Bonchev–Trinajstić information content (AvgIpc) is 3.34. The number of Topliss-reactive ketones (excluding diaryl/α,β-unsaturated/α-hetero) is 2. The highest BCUT2D eigenvalue weighted by Gasteiger charge is 2.38. The summed E-state index contributed by atoms with van der Waals surface area (Å²) in [6.07, 6.45) is 5.67. The molecule has 1 aliphatic carbocycles. The second-order valence-corrected chi connectivity index (χ2v) is 9.36. The van der Waals surface area contributed by atoms with E-state index in [2.05, 4.69) is 0 Å². The first-order valence-corrected chi connectivity index (χ1v) is 12.2. The summed E-state index contributed by atoms with van der Waals surface area (Å²) in [4.78, 5) is 29.8. The van der Waals surface area contributed by atoms with Crippen molar-refractivity contribution < 1.29 is 14.7 Å². The maximum Gasteiger partial charge on any atom is 0.191 e. The zero-order valence-electron chi connectivity index (χ0n) is 19.8. The number of aliphatic hydroxyl groups excluding tert-OH is 1. The molecule has 1 aliphatic heterocycles. The smallest absolute Gasteiger partial charge is 0.191 e. The Balaban J connectivity index is 1.70. The lowest BCUT2D eigenvalue weighted by molar-refractivity contribution is 0.0982. The van der Waals surface area contributed by atoms with Crippen molar-refractivity contribution in [1.82, 2.24) is 4.90 Å². The van der Waals surface area contributed by atoms with Gasteiger partial charge in [-0.2, -0.15) is 0 Å². The average molecular weight is 464 g/mol. The monoisotopic (exact) mass is 463 g/mol. The molecule has 3 aromatic carbocycles. The van der Waals surface area contributed by atoms with E-state index < -0.39 is 12.0 Å². The number of aryl methyl sites for hydroxylation is 1. The third kappa shape index (κ3) is 4.50. The van der Waals surface area contributed by atoms with Crippen molar-refractivity contribution in [3.63, 3.8) is 0 Å². The summed E-state index contributed by atoms with van der Waals surface area (Å²) in [6, 6.07) is 26.2. The van der Waals surface area contributed by atoms with Gasteiger partial charge in [-0.3, -0.25) is 9.59 Å². The Morgan fingerprint density at radius 1 is 0.743 bits per heavy atom. The zero-order chi connectivity index (χ0) is 24.4. The Labute approximate surface area is 206 Å². The predicted octanol–water partition coefficient (Wildman–Crippen LogP) is 5.84. The van der Waals surface area contributed by atoms with Crippen LogP contribution in [0, 0.1) is 6.92 Å². The highest BCUT2D eigenvalue weighted by molar-refractivity contribution is 6.15. The minimum absolute atomic E-state index is 0.109. The highest BCUT2D eigenvalue weighted by atomic mass is 16.3. The van der Waals surface area contributed by atoms with Gasteiger partial charge in [0.1, 0.15) is 0 Å². The van der Waals surface area contributed by atoms with Crippen LogP contribution < -0.4 is 0 Å². The predicted molar refractivity (Wildman–Crippen MR) is 137 cm³/mol. The second kappa shape index (κ2) is 9.85. The first-order chi connectivity index (χ1) is 17.0. The van der Waals surface area contributed by atoms with Crippen molar-refractivity contribution in [2.75, 3.05) is 0 Å². The fourth-order valence-electron chi connectivity index (χ4n) is 5.27. The normalized spacial score (nSPS) is 20.3. The molecule has 4 heteroatoms. The van der Waals surface area contributed by atoms with Gasteiger partial charge in [0.15, 0.2) is 11.6 Å². The SMILES string of the molecule is Cc1ccccc1C1C(C(=O)c2ccccc2)=CN(C2CCCC2O)C=C1C(=O)c1ccccc1. The highest BCUT2D eigenvalue weighted by Crippen LogP contribution is 2.42. The number of aliphatic hydroxyl groups is 1. The molecule has 0 radical (unpaired) electrons. The van der Waals surface area contributed by atoms with E-state index in [4.69, 9.17) is 0 Å². The third-order valence-electron chi connectivity index (χ3n) is 7.12. The van der Waals surface area contributed by atoms with E-state index in [9.17, 15) is 14.7 Å². The van der Waals surface area contributed by atoms with Crippen molar-refractivity contribution in [1.29, 1.82) is 0 Å². The molecule has 0 saturated heterocycles. The largest absolute Gasteiger partial charge is 0.391 e. The number of ketones is 2. The van der Waals surface area contributed by atoms with Crippen molar-refractivity contribution in [3.05, 3.63) is 131 Å². The van der Waals surface area contributed by atoms with Crippen molar-refractivity contribution in [2.24, 2.45) is 0 Å². The van der Waals surface area contributed by atoms with E-state index in [1.54, 1.807) is 0 Å². The van der Waals surface area contributed by atoms with Gasteiger partial charge in [-0.25, -0.2) is 0 Å². The number of allylic oxidation sites excluding steroid dienone is 2. The molecule has 5 rings (SSSR count). The van der Waals surface area contributed by atoms with Gasteiger partial charge in [-0.15, -0.1) is 0 Å². The molecule has 0 bridgehead atoms. The maximum atomic E-state index is 13.9. The lowest BCUT2D eigenvalue weighted by Crippen LogP contribution is -2.38. The van der Waals surface area contributed by atoms with Crippen molar-refractivity contribution in [3.8, 4) is 0 Å². The molecule has 0 aromatic heterocycles. The van der Waals surface area contributed by atoms with Gasteiger partial charge in [0.2, 0.25) is 0 Å². The number of rotatable bonds is 6. The van der Waals surface area contributed by atoms with Crippen LogP contribution in [-0.2, 0) is 0 Å². The van der Waals surface area contributed by atoms with E-state index in [0.29, 0.717) is 28.7 Å².